The van der Waals surface area contributed by atoms with Crippen LogP contribution >= 0.6 is 0 Å². The van der Waals surface area contributed by atoms with Crippen LogP contribution in [0.2, 0.25) is 0 Å². The highest BCUT2D eigenvalue weighted by Gasteiger charge is 2.10. The van der Waals surface area contributed by atoms with Crippen LogP contribution in [-0.2, 0) is 0 Å². The molecule has 2 heterocycles. The average molecular weight is 296 g/mol. The Bertz CT molecular complexity index is 954. The largest absolute Gasteiger partial charge is 0.337 e. The lowest BCUT2D eigenvalue weighted by Gasteiger charge is -1.94. The van der Waals surface area contributed by atoms with Gasteiger partial charge in [-0.05, 0) is 48.5 Å². The fourth-order valence-electron chi connectivity index (χ4n) is 2.32. The lowest BCUT2D eigenvalue weighted by Crippen LogP contribution is -1.79. The molecule has 22 heavy (non-hydrogen) atoms. The number of hydrogen-bond acceptors (Lipinski definition) is 2. The van der Waals surface area contributed by atoms with Crippen LogP contribution in [0.4, 0.5) is 8.78 Å². The Hall–Kier alpha value is -3.02. The normalized spacial score (nSPS) is 11.2. The second-order valence-corrected chi connectivity index (χ2v) is 4.92. The molecule has 0 atom stereocenters. The molecule has 0 radical (unpaired) electrons. The molecular formula is C16H10F2N4. The minimum atomic E-state index is -0.320. The number of halogens is 2. The number of H-pyrrole nitrogens is 2. The molecule has 0 amide bonds. The van der Waals surface area contributed by atoms with E-state index in [2.05, 4.69) is 20.2 Å². The molecule has 0 saturated carbocycles. The van der Waals surface area contributed by atoms with Crippen molar-refractivity contribution in [1.29, 1.82) is 0 Å². The van der Waals surface area contributed by atoms with Gasteiger partial charge in [0.15, 0.2) is 5.82 Å². The van der Waals surface area contributed by atoms with Crippen molar-refractivity contribution in [2.75, 3.05) is 0 Å². The lowest BCUT2D eigenvalue weighted by atomic mass is 10.1. The highest BCUT2D eigenvalue weighted by Crippen LogP contribution is 2.24. The van der Waals surface area contributed by atoms with Gasteiger partial charge < -0.3 is 4.98 Å². The Morgan fingerprint density at radius 1 is 0.864 bits per heavy atom. The van der Waals surface area contributed by atoms with Gasteiger partial charge in [0.1, 0.15) is 17.3 Å². The van der Waals surface area contributed by atoms with Gasteiger partial charge in [-0.25, -0.2) is 13.8 Å². The number of rotatable bonds is 2. The molecule has 0 saturated heterocycles. The SMILES string of the molecule is Fc1ccc(-c2cc(-c3nc4ccc(F)cc4[nH]3)[nH]n2)cc1. The van der Waals surface area contributed by atoms with Gasteiger partial charge in [0.2, 0.25) is 0 Å². The summed E-state index contributed by atoms with van der Waals surface area (Å²) in [6, 6.07) is 12.3. The summed E-state index contributed by atoms with van der Waals surface area (Å²) in [5.41, 5.74) is 3.45. The summed E-state index contributed by atoms with van der Waals surface area (Å²) < 4.78 is 26.2. The van der Waals surface area contributed by atoms with Gasteiger partial charge in [-0.2, -0.15) is 5.10 Å². The van der Waals surface area contributed by atoms with E-state index in [4.69, 9.17) is 0 Å². The monoisotopic (exact) mass is 296 g/mol. The van der Waals surface area contributed by atoms with E-state index >= 15 is 0 Å². The first-order valence-corrected chi connectivity index (χ1v) is 6.66. The van der Waals surface area contributed by atoms with Gasteiger partial charge in [0, 0.05) is 5.56 Å². The molecule has 2 N–H and O–H groups in total. The van der Waals surface area contributed by atoms with Crippen molar-refractivity contribution in [2.24, 2.45) is 0 Å². The van der Waals surface area contributed by atoms with Crippen LogP contribution in [-0.4, -0.2) is 20.2 Å². The Labute approximate surface area is 123 Å². The van der Waals surface area contributed by atoms with Crippen LogP contribution in [0.3, 0.4) is 0 Å². The second-order valence-electron chi connectivity index (χ2n) is 4.92. The minimum Gasteiger partial charge on any atom is -0.337 e. The van der Waals surface area contributed by atoms with Crippen molar-refractivity contribution in [3.05, 3.63) is 60.2 Å². The predicted octanol–water partition coefficient (Wildman–Crippen LogP) is 3.90. The Morgan fingerprint density at radius 3 is 2.45 bits per heavy atom. The van der Waals surface area contributed by atoms with Crippen molar-refractivity contribution in [3.63, 3.8) is 0 Å². The zero-order chi connectivity index (χ0) is 15.1. The summed E-state index contributed by atoms with van der Waals surface area (Å²) in [5.74, 6) is -0.0420. The molecule has 4 rings (SSSR count). The number of fused-ring (bicyclic) bond motifs is 1. The Kier molecular flexibility index (Phi) is 2.75. The first kappa shape index (κ1) is 12.7. The molecule has 0 bridgehead atoms. The molecule has 4 aromatic rings. The van der Waals surface area contributed by atoms with Crippen LogP contribution in [0, 0.1) is 11.6 Å². The molecule has 0 spiro atoms. The van der Waals surface area contributed by atoms with Gasteiger partial charge in [-0.3, -0.25) is 5.10 Å². The number of hydrogen-bond donors (Lipinski definition) is 2. The zero-order valence-electron chi connectivity index (χ0n) is 11.3. The summed E-state index contributed by atoms with van der Waals surface area (Å²) >= 11 is 0. The summed E-state index contributed by atoms with van der Waals surface area (Å²) in [6.45, 7) is 0. The van der Waals surface area contributed by atoms with Gasteiger partial charge in [-0.15, -0.1) is 0 Å². The van der Waals surface area contributed by atoms with E-state index in [0.717, 1.165) is 5.56 Å². The predicted molar refractivity (Wildman–Crippen MR) is 79.0 cm³/mol. The van der Waals surface area contributed by atoms with Crippen molar-refractivity contribution >= 4 is 11.0 Å². The van der Waals surface area contributed by atoms with Crippen molar-refractivity contribution < 1.29 is 8.78 Å². The third-order valence-electron chi connectivity index (χ3n) is 3.42. The van der Waals surface area contributed by atoms with E-state index < -0.39 is 0 Å². The van der Waals surface area contributed by atoms with Crippen molar-refractivity contribution in [3.8, 4) is 22.8 Å². The topological polar surface area (TPSA) is 57.4 Å². The minimum absolute atomic E-state index is 0.293. The quantitative estimate of drug-likeness (QED) is 0.589. The number of benzene rings is 2. The molecule has 2 aromatic heterocycles. The fraction of sp³-hybridized carbons (Fsp3) is 0. The van der Waals surface area contributed by atoms with E-state index in [0.29, 0.717) is 28.2 Å². The summed E-state index contributed by atoms with van der Waals surface area (Å²) in [5, 5.41) is 7.08. The number of aromatic nitrogens is 4. The van der Waals surface area contributed by atoms with Crippen LogP contribution < -0.4 is 0 Å². The van der Waals surface area contributed by atoms with Crippen LogP contribution in [0.25, 0.3) is 33.8 Å². The average Bonchev–Trinajstić information content (AvgIpc) is 3.13. The molecule has 0 fully saturated rings. The second kappa shape index (κ2) is 4.77. The van der Waals surface area contributed by atoms with Gasteiger partial charge >= 0.3 is 0 Å². The maximum atomic E-state index is 13.2. The van der Waals surface area contributed by atoms with Crippen molar-refractivity contribution in [2.45, 2.75) is 0 Å². The van der Waals surface area contributed by atoms with E-state index in [-0.39, 0.29) is 11.6 Å². The maximum Gasteiger partial charge on any atom is 0.156 e. The number of imidazole rings is 1. The molecule has 0 aliphatic heterocycles. The Morgan fingerprint density at radius 2 is 1.64 bits per heavy atom. The van der Waals surface area contributed by atoms with Crippen molar-refractivity contribution in [1.82, 2.24) is 20.2 Å². The highest BCUT2D eigenvalue weighted by atomic mass is 19.1. The lowest BCUT2D eigenvalue weighted by molar-refractivity contribution is 0.628. The van der Waals surface area contributed by atoms with Crippen LogP contribution in [0.1, 0.15) is 0 Å². The van der Waals surface area contributed by atoms with E-state index in [1.807, 2.05) is 0 Å². The first-order chi connectivity index (χ1) is 10.7. The number of nitrogens with zero attached hydrogens (tertiary/aromatic N) is 2. The molecule has 0 aliphatic carbocycles. The molecule has 6 heteroatoms. The molecular weight excluding hydrogens is 286 g/mol. The fourth-order valence-corrected chi connectivity index (χ4v) is 2.32. The van der Waals surface area contributed by atoms with Gasteiger partial charge in [-0.1, -0.05) is 0 Å². The summed E-state index contributed by atoms with van der Waals surface area (Å²) in [4.78, 5) is 7.44. The molecule has 0 unspecified atom stereocenters. The highest BCUT2D eigenvalue weighted by molar-refractivity contribution is 5.79. The number of aromatic amines is 2. The van der Waals surface area contributed by atoms with E-state index in [1.54, 1.807) is 24.3 Å². The smallest absolute Gasteiger partial charge is 0.156 e. The van der Waals surface area contributed by atoms with Crippen LogP contribution in [0.15, 0.2) is 48.5 Å². The third kappa shape index (κ3) is 2.14. The Balaban J connectivity index is 1.74. The molecule has 2 aromatic carbocycles. The molecule has 108 valence electrons. The number of nitrogens with one attached hydrogen (secondary N) is 2. The summed E-state index contributed by atoms with van der Waals surface area (Å²) in [7, 11) is 0. The van der Waals surface area contributed by atoms with E-state index in [1.165, 1.54) is 24.3 Å². The van der Waals surface area contributed by atoms with E-state index in [9.17, 15) is 8.78 Å². The van der Waals surface area contributed by atoms with Gasteiger partial charge in [0.25, 0.3) is 0 Å². The third-order valence-corrected chi connectivity index (χ3v) is 3.42. The maximum absolute atomic E-state index is 13.2. The molecule has 4 nitrogen and oxygen atoms in total. The summed E-state index contributed by atoms with van der Waals surface area (Å²) in [6.07, 6.45) is 0. The molecule has 0 aliphatic rings. The zero-order valence-corrected chi connectivity index (χ0v) is 11.3. The standard InChI is InChI=1S/C16H10F2N4/c17-10-3-1-9(2-4-10)13-8-15(22-21-13)16-19-12-6-5-11(18)7-14(12)20-16/h1-8H,(H,19,20)(H,21,22). The first-order valence-electron chi connectivity index (χ1n) is 6.66. The van der Waals surface area contributed by atoms with Gasteiger partial charge in [0.05, 0.1) is 16.7 Å². The van der Waals surface area contributed by atoms with Crippen LogP contribution in [0.5, 0.6) is 0 Å².